The van der Waals surface area contributed by atoms with Crippen LogP contribution in [-0.2, 0) is 0 Å². The van der Waals surface area contributed by atoms with E-state index < -0.39 is 4.92 Å². The molecule has 4 N–H and O–H groups in total. The molecule has 1 atom stereocenters. The van der Waals surface area contributed by atoms with Crippen LogP contribution in [0, 0.1) is 10.1 Å². The van der Waals surface area contributed by atoms with E-state index in [-0.39, 0.29) is 17.5 Å². The highest BCUT2D eigenvalue weighted by atomic mass is 16.6. The minimum Gasteiger partial charge on any atom is -0.378 e. The molecular weight excluding hydrogens is 208 g/mol. The van der Waals surface area contributed by atoms with Crippen LogP contribution >= 0.6 is 0 Å². The lowest BCUT2D eigenvalue weighted by molar-refractivity contribution is -0.384. The van der Waals surface area contributed by atoms with E-state index in [4.69, 9.17) is 11.5 Å². The Morgan fingerprint density at radius 2 is 2.38 bits per heavy atom. The quantitative estimate of drug-likeness (QED) is 0.590. The normalized spacial score (nSPS) is 12.9. The Kier molecular flexibility index (Phi) is 3.96. The first kappa shape index (κ1) is 12.1. The van der Waals surface area contributed by atoms with Crippen molar-refractivity contribution in [1.29, 1.82) is 0 Å². The highest BCUT2D eigenvalue weighted by Gasteiger charge is 2.12. The van der Waals surface area contributed by atoms with E-state index in [2.05, 4.69) is 4.98 Å². The van der Waals surface area contributed by atoms with E-state index in [1.165, 1.54) is 12.3 Å². The van der Waals surface area contributed by atoms with Crippen LogP contribution in [-0.4, -0.2) is 15.9 Å². The van der Waals surface area contributed by atoms with Crippen molar-refractivity contribution in [2.24, 2.45) is 5.73 Å². The summed E-state index contributed by atoms with van der Waals surface area (Å²) in [5.41, 5.74) is 11.4. The molecule has 0 fully saturated rings. The second-order valence-electron chi connectivity index (χ2n) is 3.55. The van der Waals surface area contributed by atoms with E-state index in [1.54, 1.807) is 6.08 Å². The van der Waals surface area contributed by atoms with Crippen molar-refractivity contribution in [2.45, 2.75) is 19.4 Å². The van der Waals surface area contributed by atoms with Gasteiger partial charge in [-0.15, -0.1) is 0 Å². The van der Waals surface area contributed by atoms with Gasteiger partial charge in [0, 0.05) is 18.3 Å². The number of hydrogen-bond donors (Lipinski definition) is 2. The molecule has 1 unspecified atom stereocenters. The highest BCUT2D eigenvalue weighted by Crippen LogP contribution is 2.20. The van der Waals surface area contributed by atoms with Gasteiger partial charge in [0.1, 0.15) is 0 Å². The maximum atomic E-state index is 10.6. The molecule has 0 aromatic carbocycles. The average molecular weight is 222 g/mol. The number of nitro groups is 1. The lowest BCUT2D eigenvalue weighted by Gasteiger charge is -1.99. The number of hydrogen-bond acceptors (Lipinski definition) is 5. The fraction of sp³-hybridized carbons (Fsp3) is 0.300. The molecular formula is C10H14N4O2. The lowest BCUT2D eigenvalue weighted by Crippen LogP contribution is -2.12. The number of anilines is 1. The Balaban J connectivity index is 2.87. The molecule has 0 saturated carbocycles. The zero-order valence-electron chi connectivity index (χ0n) is 8.96. The lowest BCUT2D eigenvalue weighted by atomic mass is 10.2. The summed E-state index contributed by atoms with van der Waals surface area (Å²) in [5, 5.41) is 10.6. The Bertz CT molecular complexity index is 415. The number of pyridine rings is 1. The molecule has 1 rings (SSSR count). The van der Waals surface area contributed by atoms with E-state index in [0.29, 0.717) is 12.0 Å². The van der Waals surface area contributed by atoms with Crippen molar-refractivity contribution in [3.8, 4) is 0 Å². The minimum atomic E-state index is -0.550. The summed E-state index contributed by atoms with van der Waals surface area (Å²) in [4.78, 5) is 13.8. The molecule has 0 bridgehead atoms. The third kappa shape index (κ3) is 3.32. The first-order chi connectivity index (χ1) is 7.50. The van der Waals surface area contributed by atoms with E-state index in [0.717, 1.165) is 0 Å². The molecule has 0 spiro atoms. The third-order valence-corrected chi connectivity index (χ3v) is 1.93. The van der Waals surface area contributed by atoms with Gasteiger partial charge in [0.25, 0.3) is 0 Å². The van der Waals surface area contributed by atoms with Gasteiger partial charge in [-0.3, -0.25) is 10.1 Å². The van der Waals surface area contributed by atoms with Gasteiger partial charge >= 0.3 is 5.69 Å². The van der Waals surface area contributed by atoms with Crippen LogP contribution in [0.4, 0.5) is 11.5 Å². The van der Waals surface area contributed by atoms with E-state index in [9.17, 15) is 10.1 Å². The average Bonchev–Trinajstić information content (AvgIpc) is 2.19. The first-order valence-electron chi connectivity index (χ1n) is 4.82. The maximum absolute atomic E-state index is 10.6. The summed E-state index contributed by atoms with van der Waals surface area (Å²) in [6.45, 7) is 1.88. The van der Waals surface area contributed by atoms with Crippen molar-refractivity contribution in [1.82, 2.24) is 4.98 Å². The number of aromatic nitrogens is 1. The summed E-state index contributed by atoms with van der Waals surface area (Å²) in [7, 11) is 0. The van der Waals surface area contributed by atoms with Crippen LogP contribution in [0.1, 0.15) is 18.9 Å². The van der Waals surface area contributed by atoms with Gasteiger partial charge in [-0.1, -0.05) is 12.2 Å². The first-order valence-corrected chi connectivity index (χ1v) is 4.82. The number of nitrogens with zero attached hydrogens (tertiary/aromatic N) is 2. The predicted octanol–water partition coefficient (Wildman–Crippen LogP) is 1.32. The summed E-state index contributed by atoms with van der Waals surface area (Å²) >= 11 is 0. The van der Waals surface area contributed by atoms with Gasteiger partial charge in [0.15, 0.2) is 0 Å². The van der Waals surface area contributed by atoms with Gasteiger partial charge in [0.2, 0.25) is 5.82 Å². The van der Waals surface area contributed by atoms with Crippen molar-refractivity contribution < 1.29 is 4.92 Å². The molecule has 86 valence electrons. The number of nitrogens with two attached hydrogens (primary N) is 2. The van der Waals surface area contributed by atoms with Crippen molar-refractivity contribution in [3.63, 3.8) is 0 Å². The summed E-state index contributed by atoms with van der Waals surface area (Å²) in [6, 6.07) is 1.45. The van der Waals surface area contributed by atoms with Crippen molar-refractivity contribution in [3.05, 3.63) is 34.0 Å². The van der Waals surface area contributed by atoms with Crippen LogP contribution in [0.15, 0.2) is 18.3 Å². The highest BCUT2D eigenvalue weighted by molar-refractivity contribution is 5.60. The standard InChI is InChI=1S/C10H14N4O2/c1-7(11)3-2-4-8-5-9(14(15)16)10(12)13-6-8/h2,4-7H,3,11H2,1H3,(H2,12,13). The second-order valence-corrected chi connectivity index (χ2v) is 3.55. The third-order valence-electron chi connectivity index (χ3n) is 1.93. The smallest absolute Gasteiger partial charge is 0.311 e. The summed E-state index contributed by atoms with van der Waals surface area (Å²) < 4.78 is 0. The van der Waals surface area contributed by atoms with Gasteiger partial charge in [-0.2, -0.15) is 0 Å². The molecule has 0 aliphatic carbocycles. The van der Waals surface area contributed by atoms with Crippen LogP contribution in [0.2, 0.25) is 0 Å². The fourth-order valence-electron chi connectivity index (χ4n) is 1.14. The maximum Gasteiger partial charge on any atom is 0.311 e. The minimum absolute atomic E-state index is 0.0629. The summed E-state index contributed by atoms with van der Waals surface area (Å²) in [5.74, 6) is -0.0747. The Labute approximate surface area is 93.1 Å². The number of nitrogen functional groups attached to an aromatic ring is 1. The van der Waals surface area contributed by atoms with E-state index in [1.807, 2.05) is 13.0 Å². The van der Waals surface area contributed by atoms with Crippen LogP contribution in [0.3, 0.4) is 0 Å². The zero-order valence-corrected chi connectivity index (χ0v) is 8.96. The molecule has 0 amide bonds. The van der Waals surface area contributed by atoms with Gasteiger partial charge in [-0.05, 0) is 18.9 Å². The Morgan fingerprint density at radius 3 is 2.94 bits per heavy atom. The summed E-state index contributed by atoms with van der Waals surface area (Å²) in [6.07, 6.45) is 5.78. The van der Waals surface area contributed by atoms with Crippen LogP contribution < -0.4 is 11.5 Å². The molecule has 6 heteroatoms. The van der Waals surface area contributed by atoms with Crippen molar-refractivity contribution in [2.75, 3.05) is 5.73 Å². The molecule has 6 nitrogen and oxygen atoms in total. The topological polar surface area (TPSA) is 108 Å². The molecule has 1 aromatic rings. The largest absolute Gasteiger partial charge is 0.378 e. The molecule has 1 heterocycles. The Morgan fingerprint density at radius 1 is 1.69 bits per heavy atom. The monoisotopic (exact) mass is 222 g/mol. The number of rotatable bonds is 4. The van der Waals surface area contributed by atoms with E-state index >= 15 is 0 Å². The Hall–Kier alpha value is -1.95. The second kappa shape index (κ2) is 5.22. The SMILES string of the molecule is CC(N)CC=Cc1cnc(N)c([N+](=O)[O-])c1. The molecule has 1 aromatic heterocycles. The van der Waals surface area contributed by atoms with Crippen LogP contribution in [0.5, 0.6) is 0 Å². The van der Waals surface area contributed by atoms with Gasteiger partial charge < -0.3 is 11.5 Å². The fourth-order valence-corrected chi connectivity index (χ4v) is 1.14. The van der Waals surface area contributed by atoms with Gasteiger partial charge in [0.05, 0.1) is 4.92 Å². The molecule has 0 aliphatic heterocycles. The predicted molar refractivity (Wildman–Crippen MR) is 62.6 cm³/mol. The van der Waals surface area contributed by atoms with Crippen molar-refractivity contribution >= 4 is 17.6 Å². The molecule has 0 saturated heterocycles. The zero-order chi connectivity index (χ0) is 12.1. The molecule has 0 aliphatic rings. The van der Waals surface area contributed by atoms with Gasteiger partial charge in [-0.25, -0.2) is 4.98 Å². The molecule has 0 radical (unpaired) electrons. The van der Waals surface area contributed by atoms with Crippen LogP contribution in [0.25, 0.3) is 6.08 Å². The molecule has 16 heavy (non-hydrogen) atoms.